The number of hydrogen-bond donors (Lipinski definition) is 3. The summed E-state index contributed by atoms with van der Waals surface area (Å²) in [5.74, 6) is 0.590. The van der Waals surface area contributed by atoms with Crippen molar-refractivity contribution < 1.29 is 9.53 Å². The Morgan fingerprint density at radius 3 is 2.61 bits per heavy atom. The van der Waals surface area contributed by atoms with Gasteiger partial charge in [0.2, 0.25) is 5.91 Å². The number of ether oxygens (including phenoxy) is 1. The topological polar surface area (TPSA) is 78.0 Å². The molecular formula is C20H32ClN5O2. The molecule has 8 heteroatoms. The molecule has 156 valence electrons. The minimum absolute atomic E-state index is 0.105. The zero-order valence-electron chi connectivity index (χ0n) is 16.8. The molecule has 0 aromatic heterocycles. The molecule has 1 aliphatic heterocycles. The van der Waals surface area contributed by atoms with E-state index in [1.807, 2.05) is 19.1 Å². The van der Waals surface area contributed by atoms with Crippen molar-refractivity contribution in [1.82, 2.24) is 20.9 Å². The zero-order chi connectivity index (χ0) is 20.2. The summed E-state index contributed by atoms with van der Waals surface area (Å²) < 4.78 is 4.92. The van der Waals surface area contributed by atoms with Gasteiger partial charge in [-0.15, -0.1) is 0 Å². The highest BCUT2D eigenvalue weighted by molar-refractivity contribution is 6.30. The molecule has 0 aliphatic carbocycles. The second kappa shape index (κ2) is 12.6. The van der Waals surface area contributed by atoms with Crippen molar-refractivity contribution in [3.8, 4) is 0 Å². The number of hydrogen-bond acceptors (Lipinski definition) is 4. The Morgan fingerprint density at radius 2 is 1.96 bits per heavy atom. The first-order valence-electron chi connectivity index (χ1n) is 9.88. The van der Waals surface area contributed by atoms with E-state index in [9.17, 15) is 4.79 Å². The van der Waals surface area contributed by atoms with E-state index in [2.05, 4.69) is 38.0 Å². The Balaban J connectivity index is 1.75. The second-order valence-electron chi connectivity index (χ2n) is 6.86. The molecule has 1 aromatic carbocycles. The molecule has 0 spiro atoms. The number of benzene rings is 1. The van der Waals surface area contributed by atoms with Gasteiger partial charge in [-0.1, -0.05) is 23.7 Å². The van der Waals surface area contributed by atoms with Crippen LogP contribution >= 0.6 is 11.6 Å². The minimum atomic E-state index is -0.105. The third-order valence-corrected chi connectivity index (χ3v) is 4.85. The van der Waals surface area contributed by atoms with Crippen molar-refractivity contribution in [2.75, 3.05) is 46.4 Å². The summed E-state index contributed by atoms with van der Waals surface area (Å²) in [6, 6.07) is 8.40. The van der Waals surface area contributed by atoms with E-state index in [1.54, 1.807) is 7.11 Å². The van der Waals surface area contributed by atoms with E-state index in [4.69, 9.17) is 16.3 Å². The van der Waals surface area contributed by atoms with Crippen molar-refractivity contribution in [3.63, 3.8) is 0 Å². The smallest absolute Gasteiger partial charge is 0.241 e. The number of nitrogens with one attached hydrogen (secondary N) is 3. The molecule has 0 radical (unpaired) electrons. The summed E-state index contributed by atoms with van der Waals surface area (Å²) in [5, 5.41) is 10.2. The summed E-state index contributed by atoms with van der Waals surface area (Å²) in [4.78, 5) is 18.7. The highest BCUT2D eigenvalue weighted by atomic mass is 35.5. The van der Waals surface area contributed by atoms with Crippen LogP contribution in [0.3, 0.4) is 0 Å². The van der Waals surface area contributed by atoms with Crippen LogP contribution in [-0.4, -0.2) is 69.2 Å². The van der Waals surface area contributed by atoms with Crippen molar-refractivity contribution in [2.24, 2.45) is 4.99 Å². The van der Waals surface area contributed by atoms with Crippen molar-refractivity contribution in [1.29, 1.82) is 0 Å². The van der Waals surface area contributed by atoms with Gasteiger partial charge in [0, 0.05) is 50.9 Å². The molecule has 1 heterocycles. The maximum Gasteiger partial charge on any atom is 0.241 e. The molecule has 0 saturated carbocycles. The summed E-state index contributed by atoms with van der Waals surface area (Å²) in [6.07, 6.45) is 2.08. The summed E-state index contributed by atoms with van der Waals surface area (Å²) in [7, 11) is 1.61. The van der Waals surface area contributed by atoms with Crippen molar-refractivity contribution in [2.45, 2.75) is 32.4 Å². The van der Waals surface area contributed by atoms with Gasteiger partial charge in [0.15, 0.2) is 5.96 Å². The average Bonchev–Trinajstić information content (AvgIpc) is 2.70. The number of nitrogens with zero attached hydrogens (tertiary/aromatic N) is 2. The fraction of sp³-hybridized carbons (Fsp3) is 0.600. The number of amides is 1. The number of piperidine rings is 1. The number of halogens is 1. The predicted molar refractivity (Wildman–Crippen MR) is 114 cm³/mol. The molecule has 1 amide bonds. The zero-order valence-corrected chi connectivity index (χ0v) is 17.6. The van der Waals surface area contributed by atoms with Crippen molar-refractivity contribution >= 4 is 23.5 Å². The quantitative estimate of drug-likeness (QED) is 0.328. The maximum absolute atomic E-state index is 11.8. The minimum Gasteiger partial charge on any atom is -0.383 e. The fourth-order valence-corrected chi connectivity index (χ4v) is 3.22. The van der Waals surface area contributed by atoms with Crippen LogP contribution < -0.4 is 16.0 Å². The molecule has 0 unspecified atom stereocenters. The molecule has 3 N–H and O–H groups in total. The van der Waals surface area contributed by atoms with Gasteiger partial charge >= 0.3 is 0 Å². The third kappa shape index (κ3) is 8.46. The normalized spacial score (nSPS) is 16.0. The Bertz CT molecular complexity index is 616. The maximum atomic E-state index is 11.8. The van der Waals surface area contributed by atoms with E-state index in [0.717, 1.165) is 44.0 Å². The SMILES string of the molecule is CCNC(=NCC(=O)NCCOC)NC1CCN(Cc2ccc(Cl)cc2)CC1. The van der Waals surface area contributed by atoms with Gasteiger partial charge in [-0.3, -0.25) is 9.69 Å². The molecule has 0 atom stereocenters. The summed E-state index contributed by atoms with van der Waals surface area (Å²) >= 11 is 5.95. The third-order valence-electron chi connectivity index (χ3n) is 4.60. The van der Waals surface area contributed by atoms with Crippen molar-refractivity contribution in [3.05, 3.63) is 34.9 Å². The molecule has 1 fully saturated rings. The Kier molecular flexibility index (Phi) is 10.1. The number of aliphatic imine (C=N–C) groups is 1. The predicted octanol–water partition coefficient (Wildman–Crippen LogP) is 1.62. The van der Waals surface area contributed by atoms with Gasteiger partial charge in [0.05, 0.1) is 6.61 Å². The highest BCUT2D eigenvalue weighted by Crippen LogP contribution is 2.15. The molecule has 0 bridgehead atoms. The number of carbonyl (C=O) groups is 1. The van der Waals surface area contributed by atoms with Gasteiger partial charge in [-0.05, 0) is 37.5 Å². The van der Waals surface area contributed by atoms with E-state index in [1.165, 1.54) is 5.56 Å². The van der Waals surface area contributed by atoms with Crippen LogP contribution in [0.5, 0.6) is 0 Å². The first kappa shape index (κ1) is 22.5. The van der Waals surface area contributed by atoms with E-state index >= 15 is 0 Å². The summed E-state index contributed by atoms with van der Waals surface area (Å²) in [5.41, 5.74) is 1.28. The van der Waals surface area contributed by atoms with E-state index < -0.39 is 0 Å². The van der Waals surface area contributed by atoms with Crippen LogP contribution in [0.4, 0.5) is 0 Å². The molecule has 1 aliphatic rings. The Hall–Kier alpha value is -1.83. The highest BCUT2D eigenvalue weighted by Gasteiger charge is 2.20. The van der Waals surface area contributed by atoms with E-state index in [0.29, 0.717) is 25.2 Å². The van der Waals surface area contributed by atoms with Gasteiger partial charge in [-0.25, -0.2) is 4.99 Å². The van der Waals surface area contributed by atoms with Gasteiger partial charge in [-0.2, -0.15) is 0 Å². The fourth-order valence-electron chi connectivity index (χ4n) is 3.10. The Morgan fingerprint density at radius 1 is 1.25 bits per heavy atom. The lowest BCUT2D eigenvalue weighted by Crippen LogP contribution is -2.48. The van der Waals surface area contributed by atoms with Crippen LogP contribution in [0.15, 0.2) is 29.3 Å². The van der Waals surface area contributed by atoms with Crippen LogP contribution in [-0.2, 0) is 16.1 Å². The molecular weight excluding hydrogens is 378 g/mol. The lowest BCUT2D eigenvalue weighted by atomic mass is 10.0. The first-order chi connectivity index (χ1) is 13.6. The van der Waals surface area contributed by atoms with Crippen LogP contribution in [0.25, 0.3) is 0 Å². The standard InChI is InChI=1S/C20H32ClN5O2/c1-3-22-20(24-14-19(27)23-10-13-28-2)25-18-8-11-26(12-9-18)15-16-4-6-17(21)7-5-16/h4-7,18H,3,8-15H2,1-2H3,(H,23,27)(H2,22,24,25). The number of guanidine groups is 1. The van der Waals surface area contributed by atoms with E-state index in [-0.39, 0.29) is 12.5 Å². The van der Waals surface area contributed by atoms with Crippen LogP contribution in [0.1, 0.15) is 25.3 Å². The molecule has 2 rings (SSSR count). The number of carbonyl (C=O) groups excluding carboxylic acids is 1. The molecule has 1 saturated heterocycles. The van der Waals surface area contributed by atoms with Crippen LogP contribution in [0.2, 0.25) is 5.02 Å². The van der Waals surface area contributed by atoms with Gasteiger partial charge in [0.1, 0.15) is 6.54 Å². The molecule has 28 heavy (non-hydrogen) atoms. The largest absolute Gasteiger partial charge is 0.383 e. The monoisotopic (exact) mass is 409 g/mol. The lowest BCUT2D eigenvalue weighted by molar-refractivity contribution is -0.119. The number of likely N-dealkylation sites (tertiary alicyclic amines) is 1. The average molecular weight is 410 g/mol. The van der Waals surface area contributed by atoms with Crippen LogP contribution in [0, 0.1) is 0 Å². The lowest BCUT2D eigenvalue weighted by Gasteiger charge is -2.33. The second-order valence-corrected chi connectivity index (χ2v) is 7.30. The first-order valence-corrected chi connectivity index (χ1v) is 10.3. The van der Waals surface area contributed by atoms with Gasteiger partial charge < -0.3 is 20.7 Å². The molecule has 1 aromatic rings. The summed E-state index contributed by atoms with van der Waals surface area (Å²) in [6.45, 7) is 6.88. The number of rotatable bonds is 9. The molecule has 7 nitrogen and oxygen atoms in total. The number of methoxy groups -OCH3 is 1. The van der Waals surface area contributed by atoms with Gasteiger partial charge in [0.25, 0.3) is 0 Å². The Labute approximate surface area is 172 Å².